The lowest BCUT2D eigenvalue weighted by atomic mass is 10.0. The number of allylic oxidation sites excluding steroid dienone is 16. The van der Waals surface area contributed by atoms with E-state index in [2.05, 4.69) is 118 Å². The molecule has 0 radical (unpaired) electrons. The molecule has 0 saturated carbocycles. The van der Waals surface area contributed by atoms with Crippen molar-refractivity contribution < 1.29 is 28.6 Å². The maximum atomic E-state index is 12.9. The van der Waals surface area contributed by atoms with E-state index in [1.165, 1.54) is 154 Å². The summed E-state index contributed by atoms with van der Waals surface area (Å²) in [7, 11) is 0. The number of hydrogen-bond donors (Lipinski definition) is 0. The molecule has 0 saturated heterocycles. The molecule has 6 heteroatoms. The van der Waals surface area contributed by atoms with Crippen LogP contribution in [0.4, 0.5) is 0 Å². The summed E-state index contributed by atoms with van der Waals surface area (Å²) in [6.07, 6.45) is 84.2. The summed E-state index contributed by atoms with van der Waals surface area (Å²) in [4.78, 5) is 38.3. The monoisotopic (exact) mass is 1040 g/mol. The molecule has 0 aliphatic heterocycles. The summed E-state index contributed by atoms with van der Waals surface area (Å²) >= 11 is 0. The molecule has 0 spiro atoms. The van der Waals surface area contributed by atoms with E-state index in [1.54, 1.807) is 0 Å². The van der Waals surface area contributed by atoms with Crippen molar-refractivity contribution in [3.63, 3.8) is 0 Å². The number of carbonyl (C=O) groups is 3. The standard InChI is InChI=1S/C69H118O6/c1-4-7-10-13-16-19-22-25-28-30-31-32-33-34-35-36-37-39-41-44-47-50-53-56-59-62-68(71)74-65-66(64-73-67(70)61-58-55-52-49-46-43-40-27-24-21-18-15-12-9-6-3)75-69(72)63-60-57-54-51-48-45-42-38-29-26-23-20-17-14-11-8-5-2/h7,9-10,12,16,18-19,21,25,27-28,31-32,40,46,49,66H,4-6,8,11,13-15,17,20,22-24,26,29-30,33-39,41-45,47-48,50-65H2,1-3H3/b10-7-,12-9-,19-16-,21-18-,28-25-,32-31-,40-27-,49-46-. The number of rotatable bonds is 57. The van der Waals surface area contributed by atoms with Gasteiger partial charge in [-0.3, -0.25) is 14.4 Å². The minimum Gasteiger partial charge on any atom is -0.462 e. The molecule has 430 valence electrons. The normalized spacial score (nSPS) is 12.7. The lowest BCUT2D eigenvalue weighted by Crippen LogP contribution is -2.30. The van der Waals surface area contributed by atoms with Crippen LogP contribution in [0.2, 0.25) is 0 Å². The van der Waals surface area contributed by atoms with Gasteiger partial charge in [-0.15, -0.1) is 0 Å². The van der Waals surface area contributed by atoms with Crippen LogP contribution < -0.4 is 0 Å². The van der Waals surface area contributed by atoms with Crippen LogP contribution in [0.25, 0.3) is 0 Å². The molecular weight excluding hydrogens is 925 g/mol. The van der Waals surface area contributed by atoms with Gasteiger partial charge in [-0.1, -0.05) is 285 Å². The Kier molecular flexibility index (Phi) is 59.8. The van der Waals surface area contributed by atoms with Crippen LogP contribution in [0.5, 0.6) is 0 Å². The van der Waals surface area contributed by atoms with Crippen LogP contribution >= 0.6 is 0 Å². The van der Waals surface area contributed by atoms with Crippen molar-refractivity contribution in [3.05, 3.63) is 97.2 Å². The summed E-state index contributed by atoms with van der Waals surface area (Å²) in [6.45, 7) is 6.41. The number of hydrogen-bond acceptors (Lipinski definition) is 6. The minimum absolute atomic E-state index is 0.0893. The van der Waals surface area contributed by atoms with Crippen LogP contribution in [-0.2, 0) is 28.6 Å². The average Bonchev–Trinajstić information content (AvgIpc) is 3.41. The molecule has 75 heavy (non-hydrogen) atoms. The van der Waals surface area contributed by atoms with Crippen molar-refractivity contribution in [2.24, 2.45) is 0 Å². The van der Waals surface area contributed by atoms with E-state index in [4.69, 9.17) is 14.2 Å². The molecule has 0 aromatic rings. The molecule has 0 aromatic heterocycles. The van der Waals surface area contributed by atoms with Gasteiger partial charge in [0.25, 0.3) is 0 Å². The summed E-state index contributed by atoms with van der Waals surface area (Å²) in [6, 6.07) is 0. The van der Waals surface area contributed by atoms with E-state index >= 15 is 0 Å². The molecule has 0 aliphatic rings. The van der Waals surface area contributed by atoms with Crippen molar-refractivity contribution >= 4 is 17.9 Å². The molecule has 6 nitrogen and oxygen atoms in total. The van der Waals surface area contributed by atoms with Gasteiger partial charge in [-0.05, 0) is 96.3 Å². The number of esters is 3. The molecular formula is C69H118O6. The first kappa shape index (κ1) is 71.3. The number of ether oxygens (including phenoxy) is 3. The topological polar surface area (TPSA) is 78.9 Å². The Morgan fingerprint density at radius 3 is 0.840 bits per heavy atom. The van der Waals surface area contributed by atoms with E-state index in [0.717, 1.165) is 109 Å². The maximum Gasteiger partial charge on any atom is 0.306 e. The molecule has 1 atom stereocenters. The van der Waals surface area contributed by atoms with Crippen LogP contribution in [0.15, 0.2) is 97.2 Å². The third kappa shape index (κ3) is 61.1. The van der Waals surface area contributed by atoms with Gasteiger partial charge < -0.3 is 14.2 Å². The van der Waals surface area contributed by atoms with E-state index < -0.39 is 6.10 Å². The number of carbonyl (C=O) groups excluding carboxylic acids is 3. The quantitative estimate of drug-likeness (QED) is 0.0261. The third-order valence-electron chi connectivity index (χ3n) is 13.6. The highest BCUT2D eigenvalue weighted by Gasteiger charge is 2.19. The van der Waals surface area contributed by atoms with Gasteiger partial charge in [0.05, 0.1) is 0 Å². The molecule has 1 unspecified atom stereocenters. The molecule has 0 N–H and O–H groups in total. The average molecular weight is 1040 g/mol. The molecule has 0 bridgehead atoms. The first-order valence-corrected chi connectivity index (χ1v) is 31.7. The lowest BCUT2D eigenvalue weighted by Gasteiger charge is -2.18. The summed E-state index contributed by atoms with van der Waals surface area (Å²) < 4.78 is 16.9. The molecule has 0 amide bonds. The van der Waals surface area contributed by atoms with Gasteiger partial charge in [0.15, 0.2) is 6.10 Å². The van der Waals surface area contributed by atoms with Crippen LogP contribution in [0.1, 0.15) is 303 Å². The van der Waals surface area contributed by atoms with E-state index in [-0.39, 0.29) is 31.1 Å². The fourth-order valence-electron chi connectivity index (χ4n) is 8.90. The van der Waals surface area contributed by atoms with Crippen LogP contribution in [-0.4, -0.2) is 37.2 Å². The Balaban J connectivity index is 4.35. The van der Waals surface area contributed by atoms with Crippen molar-refractivity contribution in [3.8, 4) is 0 Å². The second-order valence-corrected chi connectivity index (χ2v) is 20.9. The predicted octanol–water partition coefficient (Wildman–Crippen LogP) is 21.7. The number of unbranched alkanes of at least 4 members (excludes halogenated alkanes) is 30. The van der Waals surface area contributed by atoms with E-state index in [1.807, 2.05) is 0 Å². The Morgan fingerprint density at radius 2 is 0.520 bits per heavy atom. The molecule has 0 fully saturated rings. The first-order valence-electron chi connectivity index (χ1n) is 31.7. The van der Waals surface area contributed by atoms with E-state index in [9.17, 15) is 14.4 Å². The summed E-state index contributed by atoms with van der Waals surface area (Å²) in [5, 5.41) is 0. The molecule has 0 aromatic carbocycles. The highest BCUT2D eigenvalue weighted by atomic mass is 16.6. The van der Waals surface area contributed by atoms with Gasteiger partial charge in [0.2, 0.25) is 0 Å². The highest BCUT2D eigenvalue weighted by Crippen LogP contribution is 2.17. The third-order valence-corrected chi connectivity index (χ3v) is 13.6. The zero-order valence-electron chi connectivity index (χ0n) is 49.3. The first-order chi connectivity index (χ1) is 37.0. The Morgan fingerprint density at radius 1 is 0.280 bits per heavy atom. The fraction of sp³-hybridized carbons (Fsp3) is 0.725. The van der Waals surface area contributed by atoms with Crippen molar-refractivity contribution in [1.29, 1.82) is 0 Å². The predicted molar refractivity (Wildman–Crippen MR) is 325 cm³/mol. The van der Waals surface area contributed by atoms with E-state index in [0.29, 0.717) is 19.3 Å². The second kappa shape index (κ2) is 62.9. The lowest BCUT2D eigenvalue weighted by molar-refractivity contribution is -0.167. The Hall–Kier alpha value is -3.67. The Bertz CT molecular complexity index is 1480. The zero-order chi connectivity index (χ0) is 54.3. The van der Waals surface area contributed by atoms with Crippen molar-refractivity contribution in [2.45, 2.75) is 309 Å². The minimum atomic E-state index is -0.795. The Labute approximate surface area is 464 Å². The van der Waals surface area contributed by atoms with Crippen LogP contribution in [0, 0.1) is 0 Å². The second-order valence-electron chi connectivity index (χ2n) is 20.9. The van der Waals surface area contributed by atoms with Gasteiger partial charge >= 0.3 is 17.9 Å². The highest BCUT2D eigenvalue weighted by molar-refractivity contribution is 5.71. The maximum absolute atomic E-state index is 12.9. The summed E-state index contributed by atoms with van der Waals surface area (Å²) in [5.74, 6) is -0.922. The summed E-state index contributed by atoms with van der Waals surface area (Å²) in [5.41, 5.74) is 0. The SMILES string of the molecule is CC/C=C\C/C=C\C/C=C\C/C=C\CCCCCCCCCCCCCCC(=O)OCC(COC(=O)CCCC/C=C\C/C=C\C/C=C\C/C=C\CC)OC(=O)CCCCCCCCCCCCCCCCCCC. The molecule has 0 heterocycles. The van der Waals surface area contributed by atoms with Gasteiger partial charge in [0, 0.05) is 19.3 Å². The largest absolute Gasteiger partial charge is 0.462 e. The fourth-order valence-corrected chi connectivity index (χ4v) is 8.90. The van der Waals surface area contributed by atoms with Gasteiger partial charge in [0.1, 0.15) is 13.2 Å². The molecule has 0 aliphatic carbocycles. The zero-order valence-corrected chi connectivity index (χ0v) is 49.3. The van der Waals surface area contributed by atoms with Gasteiger partial charge in [-0.2, -0.15) is 0 Å². The van der Waals surface area contributed by atoms with Crippen molar-refractivity contribution in [2.75, 3.05) is 13.2 Å². The van der Waals surface area contributed by atoms with Crippen LogP contribution in [0.3, 0.4) is 0 Å². The van der Waals surface area contributed by atoms with Crippen molar-refractivity contribution in [1.82, 2.24) is 0 Å². The van der Waals surface area contributed by atoms with Gasteiger partial charge in [-0.25, -0.2) is 0 Å². The smallest absolute Gasteiger partial charge is 0.306 e. The molecule has 0 rings (SSSR count).